The predicted octanol–water partition coefficient (Wildman–Crippen LogP) is 2.03. The van der Waals surface area contributed by atoms with E-state index in [-0.39, 0.29) is 13.1 Å². The van der Waals surface area contributed by atoms with Crippen LogP contribution in [0.3, 0.4) is 0 Å². The van der Waals surface area contributed by atoms with Gasteiger partial charge in [0.25, 0.3) is 0 Å². The number of carboxylic acid groups (broad SMARTS) is 1. The van der Waals surface area contributed by atoms with Crippen molar-refractivity contribution in [3.8, 4) is 0 Å². The van der Waals surface area contributed by atoms with E-state index >= 15 is 0 Å². The van der Waals surface area contributed by atoms with Gasteiger partial charge < -0.3 is 5.11 Å². The van der Waals surface area contributed by atoms with Gasteiger partial charge in [0.05, 0.1) is 16.8 Å². The van der Waals surface area contributed by atoms with Gasteiger partial charge in [-0.05, 0) is 18.7 Å². The minimum atomic E-state index is -1.00. The smallest absolute Gasteiger partial charge is 0.317 e. The fourth-order valence-corrected chi connectivity index (χ4v) is 1.91. The third-order valence-corrected chi connectivity index (χ3v) is 2.80. The second-order valence-corrected chi connectivity index (χ2v) is 4.55. The summed E-state index contributed by atoms with van der Waals surface area (Å²) in [6.45, 7) is -0.0247. The van der Waals surface area contributed by atoms with Crippen LogP contribution in [0.25, 0.3) is 0 Å². The second-order valence-electron chi connectivity index (χ2n) is 4.03. The minimum absolute atomic E-state index is 0.177. The summed E-state index contributed by atoms with van der Waals surface area (Å²) in [5.74, 6) is -1.94. The predicted molar refractivity (Wildman–Crippen MR) is 66.8 cm³/mol. The number of rotatable bonds is 6. The summed E-state index contributed by atoms with van der Waals surface area (Å²) >= 11 is 6.03. The number of alkyl halides is 1. The number of nitro groups is 1. The van der Waals surface area contributed by atoms with E-state index in [1.807, 2.05) is 0 Å². The van der Waals surface area contributed by atoms with E-state index in [1.165, 1.54) is 11.0 Å². The average Bonchev–Trinajstić information content (AvgIpc) is 2.27. The van der Waals surface area contributed by atoms with E-state index in [0.29, 0.717) is 5.56 Å². The van der Waals surface area contributed by atoms with Gasteiger partial charge in [0, 0.05) is 12.6 Å². The van der Waals surface area contributed by atoms with Gasteiger partial charge >= 0.3 is 11.7 Å². The van der Waals surface area contributed by atoms with Gasteiger partial charge in [0.15, 0.2) is 0 Å². The van der Waals surface area contributed by atoms with Crippen LogP contribution in [0.15, 0.2) is 18.2 Å². The SMILES string of the molecule is CN(CC(=O)O)CC(Cl)c1ccc(F)c([N+](=O)[O-])c1. The van der Waals surface area contributed by atoms with E-state index in [0.717, 1.165) is 12.1 Å². The largest absolute Gasteiger partial charge is 0.480 e. The molecule has 1 N–H and O–H groups in total. The molecule has 0 amide bonds. The molecule has 0 fully saturated rings. The molecule has 0 aliphatic rings. The number of likely N-dealkylation sites (N-methyl/N-ethyl adjacent to an activating group) is 1. The van der Waals surface area contributed by atoms with Crippen molar-refractivity contribution in [2.75, 3.05) is 20.1 Å². The Morgan fingerprint density at radius 2 is 2.26 bits per heavy atom. The molecule has 6 nitrogen and oxygen atoms in total. The molecular formula is C11H12ClFN2O4. The standard InChI is InChI=1S/C11H12ClFN2O4/c1-14(6-11(16)17)5-8(12)7-2-3-9(13)10(4-7)15(18)19/h2-4,8H,5-6H2,1H3,(H,16,17). The molecule has 8 heteroatoms. The first-order valence-electron chi connectivity index (χ1n) is 5.29. The highest BCUT2D eigenvalue weighted by atomic mass is 35.5. The molecule has 1 aromatic carbocycles. The zero-order valence-corrected chi connectivity index (χ0v) is 10.8. The van der Waals surface area contributed by atoms with Gasteiger partial charge in [0.1, 0.15) is 0 Å². The van der Waals surface area contributed by atoms with Crippen LogP contribution in [0.4, 0.5) is 10.1 Å². The number of halogens is 2. The number of nitrogens with zero attached hydrogens (tertiary/aromatic N) is 2. The number of hydrogen-bond donors (Lipinski definition) is 1. The van der Waals surface area contributed by atoms with E-state index in [4.69, 9.17) is 16.7 Å². The van der Waals surface area contributed by atoms with E-state index in [1.54, 1.807) is 7.05 Å². The Balaban J connectivity index is 2.82. The molecule has 19 heavy (non-hydrogen) atoms. The number of aliphatic carboxylic acids is 1. The monoisotopic (exact) mass is 290 g/mol. The van der Waals surface area contributed by atoms with Crippen molar-refractivity contribution in [2.24, 2.45) is 0 Å². The first-order chi connectivity index (χ1) is 8.81. The van der Waals surface area contributed by atoms with Crippen LogP contribution >= 0.6 is 11.6 Å². The highest BCUT2D eigenvalue weighted by Crippen LogP contribution is 2.26. The molecule has 0 aliphatic carbocycles. The lowest BCUT2D eigenvalue weighted by molar-refractivity contribution is -0.387. The molecule has 0 saturated carbocycles. The van der Waals surface area contributed by atoms with Crippen molar-refractivity contribution in [3.05, 3.63) is 39.7 Å². The molecule has 1 atom stereocenters. The number of nitro benzene ring substituents is 1. The summed E-state index contributed by atoms with van der Waals surface area (Å²) in [7, 11) is 1.56. The average molecular weight is 291 g/mol. The summed E-state index contributed by atoms with van der Waals surface area (Å²) in [4.78, 5) is 21.7. The lowest BCUT2D eigenvalue weighted by Crippen LogP contribution is -2.28. The zero-order chi connectivity index (χ0) is 14.6. The first kappa shape index (κ1) is 15.3. The van der Waals surface area contributed by atoms with Gasteiger partial charge in [-0.25, -0.2) is 0 Å². The Hall–Kier alpha value is -1.73. The first-order valence-corrected chi connectivity index (χ1v) is 5.73. The maximum atomic E-state index is 13.1. The van der Waals surface area contributed by atoms with E-state index < -0.39 is 27.8 Å². The maximum absolute atomic E-state index is 13.1. The normalized spacial score (nSPS) is 12.4. The maximum Gasteiger partial charge on any atom is 0.317 e. The summed E-state index contributed by atoms with van der Waals surface area (Å²) < 4.78 is 13.1. The summed E-state index contributed by atoms with van der Waals surface area (Å²) in [6, 6.07) is 3.37. The molecule has 0 spiro atoms. The molecule has 0 bridgehead atoms. The van der Waals surface area contributed by atoms with Crippen molar-refractivity contribution in [3.63, 3.8) is 0 Å². The summed E-state index contributed by atoms with van der Waals surface area (Å²) in [6.07, 6.45) is 0. The zero-order valence-electron chi connectivity index (χ0n) is 10.0. The van der Waals surface area contributed by atoms with Crippen molar-refractivity contribution >= 4 is 23.3 Å². The van der Waals surface area contributed by atoms with Gasteiger partial charge in [-0.2, -0.15) is 4.39 Å². The molecule has 0 heterocycles. The molecule has 104 valence electrons. The Morgan fingerprint density at radius 1 is 1.63 bits per heavy atom. The van der Waals surface area contributed by atoms with E-state index in [9.17, 15) is 19.3 Å². The number of hydrogen-bond acceptors (Lipinski definition) is 4. The summed E-state index contributed by atoms with van der Waals surface area (Å²) in [5, 5.41) is 18.5. The van der Waals surface area contributed by atoms with Gasteiger partial charge in [0.2, 0.25) is 5.82 Å². The minimum Gasteiger partial charge on any atom is -0.480 e. The summed E-state index contributed by atoms with van der Waals surface area (Å²) in [5.41, 5.74) is -0.281. The van der Waals surface area contributed by atoms with Crippen LogP contribution in [-0.2, 0) is 4.79 Å². The Labute approximate surface area is 113 Å². The third-order valence-electron chi connectivity index (χ3n) is 2.41. The third kappa shape index (κ3) is 4.46. The van der Waals surface area contributed by atoms with Crippen LogP contribution in [-0.4, -0.2) is 41.0 Å². The number of benzene rings is 1. The van der Waals surface area contributed by atoms with Crippen LogP contribution < -0.4 is 0 Å². The number of carboxylic acids is 1. The van der Waals surface area contributed by atoms with Crippen LogP contribution in [0.2, 0.25) is 0 Å². The van der Waals surface area contributed by atoms with Crippen LogP contribution in [0.5, 0.6) is 0 Å². The van der Waals surface area contributed by atoms with Gasteiger partial charge in [-0.15, -0.1) is 11.6 Å². The van der Waals surface area contributed by atoms with Crippen molar-refractivity contribution in [2.45, 2.75) is 5.38 Å². The van der Waals surface area contributed by atoms with E-state index in [2.05, 4.69) is 0 Å². The lowest BCUT2D eigenvalue weighted by Gasteiger charge is -2.18. The molecule has 1 aromatic rings. The molecule has 1 rings (SSSR count). The topological polar surface area (TPSA) is 83.7 Å². The lowest BCUT2D eigenvalue weighted by atomic mass is 10.1. The highest BCUT2D eigenvalue weighted by molar-refractivity contribution is 6.21. The highest BCUT2D eigenvalue weighted by Gasteiger charge is 2.19. The van der Waals surface area contributed by atoms with Crippen molar-refractivity contribution in [1.29, 1.82) is 0 Å². The van der Waals surface area contributed by atoms with Crippen LogP contribution in [0.1, 0.15) is 10.9 Å². The molecule has 0 aliphatic heterocycles. The Morgan fingerprint density at radius 3 is 2.79 bits per heavy atom. The quantitative estimate of drug-likeness (QED) is 0.492. The Kier molecular flexibility index (Phi) is 5.20. The molecule has 1 unspecified atom stereocenters. The second kappa shape index (κ2) is 6.44. The van der Waals surface area contributed by atoms with Crippen molar-refractivity contribution < 1.29 is 19.2 Å². The van der Waals surface area contributed by atoms with Crippen LogP contribution in [0, 0.1) is 15.9 Å². The molecule has 0 saturated heterocycles. The fourth-order valence-electron chi connectivity index (χ4n) is 1.54. The molecule has 0 aromatic heterocycles. The molecular weight excluding hydrogens is 279 g/mol. The van der Waals surface area contributed by atoms with Crippen molar-refractivity contribution in [1.82, 2.24) is 4.90 Å². The van der Waals surface area contributed by atoms with Gasteiger partial charge in [-0.1, -0.05) is 6.07 Å². The Bertz CT molecular complexity index is 498. The fraction of sp³-hybridized carbons (Fsp3) is 0.364. The van der Waals surface area contributed by atoms with Gasteiger partial charge in [-0.3, -0.25) is 19.8 Å². The number of carbonyl (C=O) groups is 1. The molecule has 0 radical (unpaired) electrons.